The van der Waals surface area contributed by atoms with Crippen LogP contribution in [0.1, 0.15) is 37.6 Å². The van der Waals surface area contributed by atoms with Crippen molar-refractivity contribution in [2.75, 3.05) is 0 Å². The Bertz CT molecular complexity index is 1050. The van der Waals surface area contributed by atoms with E-state index in [0.717, 1.165) is 22.6 Å². The Morgan fingerprint density at radius 2 is 1.71 bits per heavy atom. The predicted molar refractivity (Wildman–Crippen MR) is 135 cm³/mol. The van der Waals surface area contributed by atoms with Crippen LogP contribution in [0.3, 0.4) is 0 Å². The van der Waals surface area contributed by atoms with Gasteiger partial charge in [0.2, 0.25) is 11.8 Å². The molecule has 1 aromatic heterocycles. The molecule has 34 heavy (non-hydrogen) atoms. The van der Waals surface area contributed by atoms with Gasteiger partial charge in [-0.2, -0.15) is 0 Å². The number of rotatable bonds is 10. The van der Waals surface area contributed by atoms with Crippen molar-refractivity contribution < 1.29 is 14.3 Å². The van der Waals surface area contributed by atoms with Crippen molar-refractivity contribution in [3.63, 3.8) is 0 Å². The molecule has 0 unspecified atom stereocenters. The van der Waals surface area contributed by atoms with E-state index in [1.165, 1.54) is 11.3 Å². The summed E-state index contributed by atoms with van der Waals surface area (Å²) >= 11 is 1.45. The highest BCUT2D eigenvalue weighted by Gasteiger charge is 2.27. The van der Waals surface area contributed by atoms with Gasteiger partial charge in [0.05, 0.1) is 17.2 Å². The van der Waals surface area contributed by atoms with E-state index in [1.54, 1.807) is 5.51 Å². The first-order chi connectivity index (χ1) is 16.2. The monoisotopic (exact) mass is 480 g/mol. The molecule has 2 amide bonds. The van der Waals surface area contributed by atoms with Crippen LogP contribution in [-0.4, -0.2) is 34.4 Å². The maximum absolute atomic E-state index is 13.0. The molecular formula is C26H32N4O3S. The number of thiazole rings is 1. The summed E-state index contributed by atoms with van der Waals surface area (Å²) in [5.41, 5.74) is 10.1. The smallest absolute Gasteiger partial charge is 0.243 e. The van der Waals surface area contributed by atoms with Crippen molar-refractivity contribution in [3.8, 4) is 5.75 Å². The zero-order valence-corrected chi connectivity index (χ0v) is 20.6. The summed E-state index contributed by atoms with van der Waals surface area (Å²) in [6, 6.07) is 15.9. The van der Waals surface area contributed by atoms with Crippen molar-refractivity contribution in [1.82, 2.24) is 15.6 Å². The van der Waals surface area contributed by atoms with Crippen LogP contribution in [0.2, 0.25) is 0 Å². The fourth-order valence-corrected chi connectivity index (χ4v) is 3.87. The Balaban J connectivity index is 1.64. The molecule has 0 radical (unpaired) electrons. The molecule has 180 valence electrons. The summed E-state index contributed by atoms with van der Waals surface area (Å²) in [5.74, 6) is 0.0913. The summed E-state index contributed by atoms with van der Waals surface area (Å²) in [4.78, 5) is 29.9. The Labute approximate surface area is 204 Å². The number of amides is 2. The Hall–Kier alpha value is -3.23. The standard InChI is InChI=1S/C26H32N4O3S/c1-26(2,3)30-25(32)23(29-24(31)22(27)14-20-16-34-17-28-20)13-18-9-11-21(12-10-18)33-15-19-7-5-4-6-8-19/h4-12,16-17,22-23H,13-15,27H2,1-3H3,(H,29,31)(H,30,32)/t22-,23-/m0/s1. The van der Waals surface area contributed by atoms with Crippen LogP contribution in [-0.2, 0) is 29.0 Å². The molecule has 0 bridgehead atoms. The van der Waals surface area contributed by atoms with E-state index in [-0.39, 0.29) is 11.8 Å². The normalized spacial score (nSPS) is 13.1. The SMILES string of the molecule is CC(C)(C)NC(=O)[C@H](Cc1ccc(OCc2ccccc2)cc1)NC(=O)[C@@H](N)Cc1cscn1. The van der Waals surface area contributed by atoms with Crippen LogP contribution in [0, 0.1) is 0 Å². The molecule has 0 saturated carbocycles. The second-order valence-corrected chi connectivity index (χ2v) is 9.93. The third-order valence-electron chi connectivity index (χ3n) is 4.99. The number of carbonyl (C=O) groups excluding carboxylic acids is 2. The maximum atomic E-state index is 13.0. The number of nitrogens with one attached hydrogen (secondary N) is 2. The minimum atomic E-state index is -0.791. The van der Waals surface area contributed by atoms with Gasteiger partial charge in [0.1, 0.15) is 18.4 Å². The molecule has 4 N–H and O–H groups in total. The summed E-state index contributed by atoms with van der Waals surface area (Å²) in [6.45, 7) is 6.17. The Morgan fingerprint density at radius 3 is 2.32 bits per heavy atom. The number of hydrogen-bond donors (Lipinski definition) is 3. The first-order valence-corrected chi connectivity index (χ1v) is 12.1. The predicted octanol–water partition coefficient (Wildman–Crippen LogP) is 3.23. The lowest BCUT2D eigenvalue weighted by atomic mass is 10.0. The van der Waals surface area contributed by atoms with Crippen LogP contribution in [0.15, 0.2) is 65.5 Å². The van der Waals surface area contributed by atoms with Gasteiger partial charge in [-0.1, -0.05) is 42.5 Å². The van der Waals surface area contributed by atoms with Crippen molar-refractivity contribution in [1.29, 1.82) is 0 Å². The highest BCUT2D eigenvalue weighted by molar-refractivity contribution is 7.07. The fraction of sp³-hybridized carbons (Fsp3) is 0.346. The van der Waals surface area contributed by atoms with Gasteiger partial charge in [0.25, 0.3) is 0 Å². The van der Waals surface area contributed by atoms with Crippen LogP contribution < -0.4 is 21.1 Å². The molecule has 8 heteroatoms. The van der Waals surface area contributed by atoms with Crippen LogP contribution in [0.4, 0.5) is 0 Å². The molecule has 0 fully saturated rings. The second-order valence-electron chi connectivity index (χ2n) is 9.21. The zero-order valence-electron chi connectivity index (χ0n) is 19.8. The number of nitrogens with two attached hydrogens (primary N) is 1. The highest BCUT2D eigenvalue weighted by atomic mass is 32.1. The molecular weight excluding hydrogens is 448 g/mol. The zero-order chi connectivity index (χ0) is 24.6. The third kappa shape index (κ3) is 8.28. The first kappa shape index (κ1) is 25.4. The number of benzene rings is 2. The van der Waals surface area contributed by atoms with Gasteiger partial charge in [-0.3, -0.25) is 9.59 Å². The minimum absolute atomic E-state index is 0.258. The van der Waals surface area contributed by atoms with Gasteiger partial charge < -0.3 is 21.1 Å². The Kier molecular flexibility index (Phi) is 8.79. The minimum Gasteiger partial charge on any atom is -0.489 e. The maximum Gasteiger partial charge on any atom is 0.243 e. The summed E-state index contributed by atoms with van der Waals surface area (Å²) < 4.78 is 5.84. The first-order valence-electron chi connectivity index (χ1n) is 11.2. The molecule has 2 atom stereocenters. The van der Waals surface area contributed by atoms with E-state index in [9.17, 15) is 9.59 Å². The number of aromatic nitrogens is 1. The highest BCUT2D eigenvalue weighted by Crippen LogP contribution is 2.16. The number of ether oxygens (including phenoxy) is 1. The average molecular weight is 481 g/mol. The topological polar surface area (TPSA) is 106 Å². The lowest BCUT2D eigenvalue weighted by Crippen LogP contribution is -2.56. The van der Waals surface area contributed by atoms with Crippen molar-refractivity contribution in [2.24, 2.45) is 5.73 Å². The van der Waals surface area contributed by atoms with Crippen molar-refractivity contribution >= 4 is 23.2 Å². The second kappa shape index (κ2) is 11.8. The van der Waals surface area contributed by atoms with E-state index in [1.807, 2.05) is 80.7 Å². The van der Waals surface area contributed by atoms with Crippen LogP contribution >= 0.6 is 11.3 Å². The van der Waals surface area contributed by atoms with E-state index >= 15 is 0 Å². The third-order valence-corrected chi connectivity index (χ3v) is 5.63. The molecule has 1 heterocycles. The number of nitrogens with zero attached hydrogens (tertiary/aromatic N) is 1. The van der Waals surface area contributed by atoms with Gasteiger partial charge in [0.15, 0.2) is 0 Å². The molecule has 2 aromatic carbocycles. The van der Waals surface area contributed by atoms with E-state index in [0.29, 0.717) is 19.4 Å². The van der Waals surface area contributed by atoms with Gasteiger partial charge >= 0.3 is 0 Å². The van der Waals surface area contributed by atoms with Crippen LogP contribution in [0.25, 0.3) is 0 Å². The molecule has 0 aliphatic heterocycles. The largest absolute Gasteiger partial charge is 0.489 e. The Morgan fingerprint density at radius 1 is 1.00 bits per heavy atom. The summed E-state index contributed by atoms with van der Waals surface area (Å²) in [5, 5.41) is 7.64. The van der Waals surface area contributed by atoms with Crippen molar-refractivity contribution in [3.05, 3.63) is 82.3 Å². The van der Waals surface area contributed by atoms with Crippen molar-refractivity contribution in [2.45, 2.75) is 57.8 Å². The van der Waals surface area contributed by atoms with E-state index < -0.39 is 17.6 Å². The molecule has 7 nitrogen and oxygen atoms in total. The molecule has 3 rings (SSSR count). The molecule has 0 aliphatic carbocycles. The van der Waals surface area contributed by atoms with E-state index in [2.05, 4.69) is 15.6 Å². The number of hydrogen-bond acceptors (Lipinski definition) is 6. The number of carbonyl (C=O) groups is 2. The average Bonchev–Trinajstić information content (AvgIpc) is 3.30. The van der Waals surface area contributed by atoms with Gasteiger partial charge in [0, 0.05) is 23.8 Å². The molecule has 0 aliphatic rings. The fourth-order valence-electron chi connectivity index (χ4n) is 3.30. The summed E-state index contributed by atoms with van der Waals surface area (Å²) in [7, 11) is 0. The van der Waals surface area contributed by atoms with Gasteiger partial charge in [-0.05, 0) is 44.0 Å². The molecule has 0 saturated heterocycles. The van der Waals surface area contributed by atoms with Gasteiger partial charge in [-0.15, -0.1) is 11.3 Å². The summed E-state index contributed by atoms with van der Waals surface area (Å²) in [6.07, 6.45) is 0.645. The molecule has 0 spiro atoms. The molecule has 3 aromatic rings. The van der Waals surface area contributed by atoms with Crippen LogP contribution in [0.5, 0.6) is 5.75 Å². The van der Waals surface area contributed by atoms with Gasteiger partial charge in [-0.25, -0.2) is 4.98 Å². The lowest BCUT2D eigenvalue weighted by Gasteiger charge is -2.26. The quantitative estimate of drug-likeness (QED) is 0.413. The van der Waals surface area contributed by atoms with E-state index in [4.69, 9.17) is 10.5 Å². The lowest BCUT2D eigenvalue weighted by molar-refractivity contribution is -0.130.